The Bertz CT molecular complexity index is 972. The van der Waals surface area contributed by atoms with Crippen LogP contribution in [0.15, 0.2) is 78.9 Å². The topological polar surface area (TPSA) is 76.7 Å². The molecular formula is C23H22N2O4. The lowest BCUT2D eigenvalue weighted by molar-refractivity contribution is -0.122. The molecule has 148 valence electrons. The highest BCUT2D eigenvalue weighted by Crippen LogP contribution is 2.23. The van der Waals surface area contributed by atoms with Gasteiger partial charge in [0.25, 0.3) is 11.8 Å². The van der Waals surface area contributed by atoms with E-state index in [1.54, 1.807) is 74.7 Å². The molecule has 3 aromatic carbocycles. The first kappa shape index (κ1) is 19.9. The smallest absolute Gasteiger partial charge is 0.265 e. The molecule has 0 unspecified atom stereocenters. The number of hydrogen-bond acceptors (Lipinski definition) is 4. The van der Waals surface area contributed by atoms with Gasteiger partial charge in [-0.15, -0.1) is 0 Å². The molecule has 2 N–H and O–H groups in total. The average Bonchev–Trinajstić information content (AvgIpc) is 2.75. The van der Waals surface area contributed by atoms with E-state index in [1.165, 1.54) is 0 Å². The second-order valence-corrected chi connectivity index (χ2v) is 6.29. The number of nitrogens with one attached hydrogen (secondary N) is 2. The molecule has 0 aromatic heterocycles. The number of carbonyl (C=O) groups is 2. The predicted molar refractivity (Wildman–Crippen MR) is 113 cm³/mol. The Morgan fingerprint density at radius 2 is 1.34 bits per heavy atom. The van der Waals surface area contributed by atoms with Gasteiger partial charge in [0.05, 0.1) is 18.5 Å². The van der Waals surface area contributed by atoms with Crippen LogP contribution in [0.3, 0.4) is 0 Å². The molecule has 0 spiro atoms. The third-order valence-corrected chi connectivity index (χ3v) is 4.21. The van der Waals surface area contributed by atoms with Crippen molar-refractivity contribution in [3.05, 3.63) is 84.4 Å². The Labute approximate surface area is 169 Å². The molecule has 0 aliphatic carbocycles. The van der Waals surface area contributed by atoms with E-state index in [0.29, 0.717) is 28.4 Å². The molecule has 0 saturated carbocycles. The summed E-state index contributed by atoms with van der Waals surface area (Å²) < 4.78 is 10.8. The molecule has 6 heteroatoms. The lowest BCUT2D eigenvalue weighted by atomic mass is 10.2. The third-order valence-electron chi connectivity index (χ3n) is 4.21. The summed E-state index contributed by atoms with van der Waals surface area (Å²) in [7, 11) is 1.57. The van der Waals surface area contributed by atoms with Crippen molar-refractivity contribution < 1.29 is 19.1 Å². The quantitative estimate of drug-likeness (QED) is 0.629. The normalized spacial score (nSPS) is 11.2. The Hall–Kier alpha value is -3.80. The van der Waals surface area contributed by atoms with Crippen LogP contribution in [-0.4, -0.2) is 25.0 Å². The van der Waals surface area contributed by atoms with Crippen molar-refractivity contribution in [2.24, 2.45) is 0 Å². The van der Waals surface area contributed by atoms with E-state index in [9.17, 15) is 9.59 Å². The molecule has 3 aromatic rings. The average molecular weight is 390 g/mol. The monoisotopic (exact) mass is 390 g/mol. The van der Waals surface area contributed by atoms with Crippen molar-refractivity contribution in [1.82, 2.24) is 0 Å². The van der Waals surface area contributed by atoms with Crippen LogP contribution in [0.4, 0.5) is 11.4 Å². The molecule has 0 aliphatic heterocycles. The summed E-state index contributed by atoms with van der Waals surface area (Å²) in [5, 5.41) is 5.63. The van der Waals surface area contributed by atoms with Gasteiger partial charge in [0.2, 0.25) is 0 Å². The number of anilines is 2. The summed E-state index contributed by atoms with van der Waals surface area (Å²) in [5.74, 6) is 0.667. The number of methoxy groups -OCH3 is 1. The van der Waals surface area contributed by atoms with Crippen LogP contribution in [0.5, 0.6) is 11.5 Å². The zero-order valence-corrected chi connectivity index (χ0v) is 16.2. The number of amides is 2. The lowest BCUT2D eigenvalue weighted by Gasteiger charge is -2.17. The Morgan fingerprint density at radius 3 is 1.97 bits per heavy atom. The molecule has 0 aliphatic rings. The van der Waals surface area contributed by atoms with E-state index in [4.69, 9.17) is 9.47 Å². The Kier molecular flexibility index (Phi) is 6.47. The second-order valence-electron chi connectivity index (χ2n) is 6.29. The molecular weight excluding hydrogens is 368 g/mol. The Morgan fingerprint density at radius 1 is 0.759 bits per heavy atom. The lowest BCUT2D eigenvalue weighted by Crippen LogP contribution is -2.30. The maximum atomic E-state index is 12.5. The van der Waals surface area contributed by atoms with Crippen molar-refractivity contribution in [2.75, 3.05) is 17.7 Å². The van der Waals surface area contributed by atoms with E-state index < -0.39 is 6.10 Å². The Balaban J connectivity index is 1.67. The summed E-state index contributed by atoms with van der Waals surface area (Å²) in [6, 6.07) is 22.9. The summed E-state index contributed by atoms with van der Waals surface area (Å²) in [6.45, 7) is 1.67. The van der Waals surface area contributed by atoms with Crippen LogP contribution in [0, 0.1) is 0 Å². The molecule has 0 radical (unpaired) electrons. The zero-order chi connectivity index (χ0) is 20.6. The standard InChI is InChI=1S/C23H22N2O4/c1-16(29-19-8-4-3-5-9-19)22(26)24-20-10-6-7-11-21(20)25-23(27)17-12-14-18(28-2)15-13-17/h3-16H,1-2H3,(H,24,26)(H,25,27)/t16-/m0/s1. The van der Waals surface area contributed by atoms with Crippen LogP contribution < -0.4 is 20.1 Å². The molecule has 0 bridgehead atoms. The molecule has 29 heavy (non-hydrogen) atoms. The van der Waals surface area contributed by atoms with Crippen molar-refractivity contribution >= 4 is 23.2 Å². The van der Waals surface area contributed by atoms with Gasteiger partial charge in [-0.2, -0.15) is 0 Å². The molecule has 0 heterocycles. The van der Waals surface area contributed by atoms with E-state index >= 15 is 0 Å². The zero-order valence-electron chi connectivity index (χ0n) is 16.2. The van der Waals surface area contributed by atoms with Crippen molar-refractivity contribution in [3.8, 4) is 11.5 Å². The van der Waals surface area contributed by atoms with Crippen LogP contribution >= 0.6 is 0 Å². The van der Waals surface area contributed by atoms with Gasteiger partial charge >= 0.3 is 0 Å². The largest absolute Gasteiger partial charge is 0.497 e. The number of rotatable bonds is 7. The van der Waals surface area contributed by atoms with Crippen LogP contribution in [0.1, 0.15) is 17.3 Å². The van der Waals surface area contributed by atoms with Gasteiger partial charge in [-0.1, -0.05) is 30.3 Å². The first-order valence-electron chi connectivity index (χ1n) is 9.14. The third kappa shape index (κ3) is 5.35. The van der Waals surface area contributed by atoms with Gasteiger partial charge in [-0.3, -0.25) is 9.59 Å². The highest BCUT2D eigenvalue weighted by Gasteiger charge is 2.17. The summed E-state index contributed by atoms with van der Waals surface area (Å²) >= 11 is 0. The van der Waals surface area contributed by atoms with Crippen molar-refractivity contribution in [1.29, 1.82) is 0 Å². The van der Waals surface area contributed by atoms with Gasteiger partial charge in [-0.25, -0.2) is 0 Å². The molecule has 6 nitrogen and oxygen atoms in total. The van der Waals surface area contributed by atoms with Crippen LogP contribution in [0.2, 0.25) is 0 Å². The van der Waals surface area contributed by atoms with Gasteiger partial charge < -0.3 is 20.1 Å². The molecule has 3 rings (SSSR count). The predicted octanol–water partition coefficient (Wildman–Crippen LogP) is 4.35. The molecule has 0 fully saturated rings. The van der Waals surface area contributed by atoms with Gasteiger partial charge in [0, 0.05) is 5.56 Å². The van der Waals surface area contributed by atoms with Crippen LogP contribution in [0.25, 0.3) is 0 Å². The first-order valence-corrected chi connectivity index (χ1v) is 9.14. The van der Waals surface area contributed by atoms with Gasteiger partial charge in [0.15, 0.2) is 6.10 Å². The number of para-hydroxylation sites is 3. The van der Waals surface area contributed by atoms with E-state index in [-0.39, 0.29) is 11.8 Å². The van der Waals surface area contributed by atoms with Crippen LogP contribution in [-0.2, 0) is 4.79 Å². The van der Waals surface area contributed by atoms with Crippen molar-refractivity contribution in [3.63, 3.8) is 0 Å². The number of carbonyl (C=O) groups excluding carboxylic acids is 2. The van der Waals surface area contributed by atoms with E-state index in [1.807, 2.05) is 18.2 Å². The van der Waals surface area contributed by atoms with Gasteiger partial charge in [-0.05, 0) is 55.5 Å². The van der Waals surface area contributed by atoms with E-state index in [0.717, 1.165) is 0 Å². The number of ether oxygens (including phenoxy) is 2. The maximum absolute atomic E-state index is 12.5. The molecule has 0 saturated heterocycles. The highest BCUT2D eigenvalue weighted by atomic mass is 16.5. The molecule has 2 amide bonds. The van der Waals surface area contributed by atoms with E-state index in [2.05, 4.69) is 10.6 Å². The second kappa shape index (κ2) is 9.41. The fourth-order valence-electron chi connectivity index (χ4n) is 2.63. The maximum Gasteiger partial charge on any atom is 0.265 e. The minimum absolute atomic E-state index is 0.289. The van der Waals surface area contributed by atoms with Crippen molar-refractivity contribution in [2.45, 2.75) is 13.0 Å². The minimum Gasteiger partial charge on any atom is -0.497 e. The summed E-state index contributed by atoms with van der Waals surface area (Å²) in [5.41, 5.74) is 1.46. The number of hydrogen-bond donors (Lipinski definition) is 2. The van der Waals surface area contributed by atoms with Gasteiger partial charge in [0.1, 0.15) is 11.5 Å². The fraction of sp³-hybridized carbons (Fsp3) is 0.130. The SMILES string of the molecule is COc1ccc(C(=O)Nc2ccccc2NC(=O)[C@H](C)Oc2ccccc2)cc1. The summed E-state index contributed by atoms with van der Waals surface area (Å²) in [4.78, 5) is 25.1. The first-order chi connectivity index (χ1) is 14.1. The fourth-order valence-corrected chi connectivity index (χ4v) is 2.63. The number of benzene rings is 3. The highest BCUT2D eigenvalue weighted by molar-refractivity contribution is 6.07. The molecule has 1 atom stereocenters. The summed E-state index contributed by atoms with van der Waals surface area (Å²) in [6.07, 6.45) is -0.706. The minimum atomic E-state index is -0.706.